The summed E-state index contributed by atoms with van der Waals surface area (Å²) in [6.45, 7) is 2.42. The summed E-state index contributed by atoms with van der Waals surface area (Å²) in [5.41, 5.74) is 10.2. The summed E-state index contributed by atoms with van der Waals surface area (Å²) < 4.78 is 1.37. The van der Waals surface area contributed by atoms with Gasteiger partial charge in [-0.2, -0.15) is 0 Å². The topological polar surface area (TPSA) is 0 Å². The van der Waals surface area contributed by atoms with Gasteiger partial charge in [0, 0.05) is 30.5 Å². The number of allylic oxidation sites excluding steroid dienone is 3. The fourth-order valence-corrected chi connectivity index (χ4v) is 11.7. The number of benzene rings is 8. The standard InChI is InChI=1S/C51H34S2/c1-51-31-45(43-20-19-40-27-39(15-16-41(40)29-43)36-12-11-33-9-5-6-10-34(33)25-36)22-24-47(51)50-49(53-51)46-23-21-44(30-48(46)52-50)42-18-17-37-26-35(13-14-38(37)28-42)32-7-3-2-4-8-32/h2-31,47H,1H3. The van der Waals surface area contributed by atoms with Crippen LogP contribution in [0.1, 0.15) is 23.3 Å². The average molecular weight is 711 g/mol. The molecule has 250 valence electrons. The van der Waals surface area contributed by atoms with Crippen molar-refractivity contribution in [3.8, 4) is 33.4 Å². The van der Waals surface area contributed by atoms with E-state index in [2.05, 4.69) is 189 Å². The van der Waals surface area contributed by atoms with Crippen molar-refractivity contribution in [1.29, 1.82) is 0 Å². The zero-order valence-corrected chi connectivity index (χ0v) is 30.8. The predicted molar refractivity (Wildman–Crippen MR) is 231 cm³/mol. The summed E-state index contributed by atoms with van der Waals surface area (Å²) in [6.07, 6.45) is 7.35. The third-order valence-corrected chi connectivity index (χ3v) is 14.2. The fourth-order valence-electron chi connectivity index (χ4n) is 8.47. The van der Waals surface area contributed by atoms with Crippen LogP contribution in [0.4, 0.5) is 0 Å². The molecular formula is C51H34S2. The SMILES string of the molecule is CC12C=C(c3ccc4cc(-c5ccc6ccccc6c5)ccc4c3)C=CC1c1sc3cc(-c4ccc5cc(-c6ccccc6)ccc5c4)ccc3c1S2. The van der Waals surface area contributed by atoms with Gasteiger partial charge in [-0.3, -0.25) is 0 Å². The Labute approximate surface area is 317 Å². The highest BCUT2D eigenvalue weighted by Gasteiger charge is 2.44. The minimum absolute atomic E-state index is 0.00996. The molecule has 0 amide bonds. The van der Waals surface area contributed by atoms with E-state index < -0.39 is 0 Å². The summed E-state index contributed by atoms with van der Waals surface area (Å²) in [5, 5.41) is 9.03. The van der Waals surface area contributed by atoms with E-state index in [1.165, 1.54) is 96.7 Å². The summed E-state index contributed by atoms with van der Waals surface area (Å²) in [4.78, 5) is 2.96. The smallest absolute Gasteiger partial charge is 0.0479 e. The molecule has 0 radical (unpaired) electrons. The van der Waals surface area contributed by atoms with Crippen molar-refractivity contribution in [2.45, 2.75) is 22.5 Å². The molecule has 11 rings (SSSR count). The Bertz CT molecular complexity index is 3000. The van der Waals surface area contributed by atoms with E-state index in [4.69, 9.17) is 0 Å². The number of thiophene rings is 1. The van der Waals surface area contributed by atoms with Crippen LogP contribution in [0.15, 0.2) is 187 Å². The monoisotopic (exact) mass is 710 g/mol. The average Bonchev–Trinajstić information content (AvgIpc) is 3.71. The Balaban J connectivity index is 0.863. The number of fused-ring (bicyclic) bond motifs is 8. The van der Waals surface area contributed by atoms with E-state index >= 15 is 0 Å². The molecule has 2 heteroatoms. The molecule has 2 unspecified atom stereocenters. The minimum Gasteiger partial charge on any atom is -0.138 e. The summed E-state index contributed by atoms with van der Waals surface area (Å²) >= 11 is 4.03. The quantitative estimate of drug-likeness (QED) is 0.175. The number of hydrogen-bond acceptors (Lipinski definition) is 2. The second kappa shape index (κ2) is 11.9. The number of thioether (sulfide) groups is 1. The zero-order valence-electron chi connectivity index (χ0n) is 29.2. The van der Waals surface area contributed by atoms with Gasteiger partial charge in [-0.1, -0.05) is 146 Å². The third-order valence-electron chi connectivity index (χ3n) is 11.3. The van der Waals surface area contributed by atoms with Crippen molar-refractivity contribution in [3.05, 3.63) is 192 Å². The molecule has 0 nitrogen and oxygen atoms in total. The van der Waals surface area contributed by atoms with Gasteiger partial charge in [0.1, 0.15) is 0 Å². The van der Waals surface area contributed by atoms with Crippen LogP contribution in [0.2, 0.25) is 0 Å². The molecule has 2 heterocycles. The number of rotatable bonds is 4. The van der Waals surface area contributed by atoms with Crippen molar-refractivity contribution in [1.82, 2.24) is 0 Å². The Hall–Kier alpha value is -5.67. The molecule has 0 spiro atoms. The van der Waals surface area contributed by atoms with E-state index in [1.807, 2.05) is 23.1 Å². The van der Waals surface area contributed by atoms with Crippen molar-refractivity contribution in [2.24, 2.45) is 0 Å². The molecule has 1 aliphatic heterocycles. The molecule has 0 bridgehead atoms. The predicted octanol–water partition coefficient (Wildman–Crippen LogP) is 15.0. The molecule has 0 saturated carbocycles. The first-order valence-corrected chi connectivity index (χ1v) is 20.0. The van der Waals surface area contributed by atoms with Crippen molar-refractivity contribution in [2.75, 3.05) is 0 Å². The lowest BCUT2D eigenvalue weighted by molar-refractivity contribution is 0.715. The van der Waals surface area contributed by atoms with Crippen LogP contribution in [0.3, 0.4) is 0 Å². The highest BCUT2D eigenvalue weighted by atomic mass is 32.2. The Morgan fingerprint density at radius 2 is 0.943 bits per heavy atom. The fraction of sp³-hybridized carbons (Fsp3) is 0.0588. The Morgan fingerprint density at radius 3 is 1.60 bits per heavy atom. The van der Waals surface area contributed by atoms with Crippen LogP contribution in [-0.2, 0) is 0 Å². The van der Waals surface area contributed by atoms with E-state index in [1.54, 1.807) is 0 Å². The molecule has 1 aliphatic carbocycles. The van der Waals surface area contributed by atoms with Crippen molar-refractivity contribution in [3.63, 3.8) is 0 Å². The Morgan fingerprint density at radius 1 is 0.453 bits per heavy atom. The van der Waals surface area contributed by atoms with Gasteiger partial charge in [0.05, 0.1) is 0 Å². The normalized spacial score (nSPS) is 17.8. The zero-order chi connectivity index (χ0) is 35.1. The lowest BCUT2D eigenvalue weighted by Crippen LogP contribution is -2.23. The van der Waals surface area contributed by atoms with Gasteiger partial charge in [-0.05, 0) is 120 Å². The summed E-state index contributed by atoms with van der Waals surface area (Å²) in [7, 11) is 0. The van der Waals surface area contributed by atoms with Gasteiger partial charge < -0.3 is 0 Å². The molecular weight excluding hydrogens is 677 g/mol. The van der Waals surface area contributed by atoms with Crippen LogP contribution in [0.5, 0.6) is 0 Å². The maximum Gasteiger partial charge on any atom is 0.0479 e. The highest BCUT2D eigenvalue weighted by Crippen LogP contribution is 2.61. The van der Waals surface area contributed by atoms with Crippen LogP contribution < -0.4 is 0 Å². The third kappa shape index (κ3) is 5.20. The lowest BCUT2D eigenvalue weighted by Gasteiger charge is -2.30. The summed E-state index contributed by atoms with van der Waals surface area (Å²) in [6, 6.07) is 60.6. The van der Waals surface area contributed by atoms with E-state index in [9.17, 15) is 0 Å². The van der Waals surface area contributed by atoms with E-state index in [0.717, 1.165) is 0 Å². The molecule has 53 heavy (non-hydrogen) atoms. The number of hydrogen-bond donors (Lipinski definition) is 0. The maximum absolute atomic E-state index is 2.53. The molecule has 1 aromatic heterocycles. The first kappa shape index (κ1) is 30.9. The first-order chi connectivity index (χ1) is 26.0. The van der Waals surface area contributed by atoms with Gasteiger partial charge in [-0.15, -0.1) is 23.1 Å². The van der Waals surface area contributed by atoms with Crippen molar-refractivity contribution < 1.29 is 0 Å². The largest absolute Gasteiger partial charge is 0.138 e. The van der Waals surface area contributed by atoms with Gasteiger partial charge in [0.25, 0.3) is 0 Å². The maximum atomic E-state index is 2.53. The van der Waals surface area contributed by atoms with Crippen LogP contribution in [0.25, 0.3) is 81.4 Å². The molecule has 0 fully saturated rings. The van der Waals surface area contributed by atoms with E-state index in [-0.39, 0.29) is 4.75 Å². The van der Waals surface area contributed by atoms with Crippen LogP contribution in [0, 0.1) is 0 Å². The molecule has 2 aliphatic rings. The van der Waals surface area contributed by atoms with Gasteiger partial charge >= 0.3 is 0 Å². The van der Waals surface area contributed by atoms with Crippen LogP contribution in [-0.4, -0.2) is 4.75 Å². The van der Waals surface area contributed by atoms with Crippen molar-refractivity contribution >= 4 is 71.1 Å². The second-order valence-corrected chi connectivity index (χ2v) is 17.3. The second-order valence-electron chi connectivity index (χ2n) is 14.7. The molecule has 0 saturated heterocycles. The molecule has 0 N–H and O–H groups in total. The first-order valence-electron chi connectivity index (χ1n) is 18.3. The Kier molecular flexibility index (Phi) is 6.96. The molecule has 8 aromatic carbocycles. The molecule has 9 aromatic rings. The van der Waals surface area contributed by atoms with E-state index in [0.29, 0.717) is 5.92 Å². The molecule has 2 atom stereocenters. The minimum atomic E-state index is -0.00996. The lowest BCUT2D eigenvalue weighted by atomic mass is 9.83. The van der Waals surface area contributed by atoms with Gasteiger partial charge in [0.2, 0.25) is 0 Å². The summed E-state index contributed by atoms with van der Waals surface area (Å²) in [5.74, 6) is 0.372. The van der Waals surface area contributed by atoms with Crippen LogP contribution >= 0.6 is 23.1 Å². The van der Waals surface area contributed by atoms with Gasteiger partial charge in [-0.25, -0.2) is 0 Å². The highest BCUT2D eigenvalue weighted by molar-refractivity contribution is 8.01. The van der Waals surface area contributed by atoms with Gasteiger partial charge in [0.15, 0.2) is 0 Å².